The van der Waals surface area contributed by atoms with E-state index in [9.17, 15) is 8.42 Å². The first-order valence-corrected chi connectivity index (χ1v) is 8.25. The Bertz CT molecular complexity index is 768. The van der Waals surface area contributed by atoms with Gasteiger partial charge in [0, 0.05) is 12.2 Å². The number of primary sulfonamides is 1. The normalized spacial score (nSPS) is 11.4. The van der Waals surface area contributed by atoms with Gasteiger partial charge in [0.1, 0.15) is 0 Å². The molecule has 0 bridgehead atoms. The van der Waals surface area contributed by atoms with Crippen LogP contribution in [-0.4, -0.2) is 8.42 Å². The number of nitrogens with one attached hydrogen (secondary N) is 1. The lowest BCUT2D eigenvalue weighted by Crippen LogP contribution is -2.14. The van der Waals surface area contributed by atoms with Crippen LogP contribution in [0.1, 0.15) is 22.3 Å². The minimum Gasteiger partial charge on any atom is -0.381 e. The van der Waals surface area contributed by atoms with Crippen molar-refractivity contribution in [3.05, 3.63) is 58.7 Å². The van der Waals surface area contributed by atoms with Crippen LogP contribution in [0.15, 0.2) is 41.3 Å². The SMILES string of the molecule is Cc1ccc(CNc2ccc(C)c(S(N)(=O)=O)c2)cc1C. The molecule has 21 heavy (non-hydrogen) atoms. The lowest BCUT2D eigenvalue weighted by molar-refractivity contribution is 0.597. The Kier molecular flexibility index (Phi) is 4.34. The monoisotopic (exact) mass is 304 g/mol. The van der Waals surface area contributed by atoms with Gasteiger partial charge in [-0.05, 0) is 55.2 Å². The summed E-state index contributed by atoms with van der Waals surface area (Å²) in [6.45, 7) is 6.51. The highest BCUT2D eigenvalue weighted by Crippen LogP contribution is 2.20. The van der Waals surface area contributed by atoms with Gasteiger partial charge in [-0.15, -0.1) is 0 Å². The van der Waals surface area contributed by atoms with Crippen LogP contribution in [0, 0.1) is 20.8 Å². The highest BCUT2D eigenvalue weighted by atomic mass is 32.2. The van der Waals surface area contributed by atoms with E-state index in [-0.39, 0.29) is 4.90 Å². The number of anilines is 1. The zero-order valence-electron chi connectivity index (χ0n) is 12.5. The maximum absolute atomic E-state index is 11.5. The molecule has 3 N–H and O–H groups in total. The van der Waals surface area contributed by atoms with Gasteiger partial charge in [-0.2, -0.15) is 0 Å². The van der Waals surface area contributed by atoms with E-state index in [1.54, 1.807) is 19.1 Å². The average molecular weight is 304 g/mol. The van der Waals surface area contributed by atoms with Crippen molar-refractivity contribution in [3.8, 4) is 0 Å². The molecular weight excluding hydrogens is 284 g/mol. The fourth-order valence-corrected chi connectivity index (χ4v) is 2.94. The minimum absolute atomic E-state index is 0.160. The average Bonchev–Trinajstić information content (AvgIpc) is 2.40. The molecule has 2 rings (SSSR count). The number of hydrogen-bond donors (Lipinski definition) is 2. The van der Waals surface area contributed by atoms with Gasteiger partial charge < -0.3 is 5.32 Å². The van der Waals surface area contributed by atoms with E-state index >= 15 is 0 Å². The highest BCUT2D eigenvalue weighted by molar-refractivity contribution is 7.89. The quantitative estimate of drug-likeness (QED) is 0.912. The maximum Gasteiger partial charge on any atom is 0.238 e. The van der Waals surface area contributed by atoms with E-state index in [4.69, 9.17) is 5.14 Å². The van der Waals surface area contributed by atoms with Crippen LogP contribution in [0.25, 0.3) is 0 Å². The van der Waals surface area contributed by atoms with E-state index in [0.29, 0.717) is 12.1 Å². The molecule has 0 fully saturated rings. The second-order valence-corrected chi connectivity index (χ2v) is 6.83. The largest absolute Gasteiger partial charge is 0.381 e. The number of hydrogen-bond acceptors (Lipinski definition) is 3. The molecule has 0 saturated carbocycles. The molecule has 0 amide bonds. The van der Waals surface area contributed by atoms with Crippen molar-refractivity contribution in [2.75, 3.05) is 5.32 Å². The Morgan fingerprint density at radius 3 is 2.24 bits per heavy atom. The summed E-state index contributed by atoms with van der Waals surface area (Å²) in [5.74, 6) is 0. The molecule has 2 aromatic carbocycles. The summed E-state index contributed by atoms with van der Waals surface area (Å²) in [6, 6.07) is 11.4. The van der Waals surface area contributed by atoms with Crippen molar-refractivity contribution in [2.45, 2.75) is 32.2 Å². The Labute approximate surface area is 126 Å². The first-order valence-electron chi connectivity index (χ1n) is 6.71. The Morgan fingerprint density at radius 1 is 0.952 bits per heavy atom. The first-order chi connectivity index (χ1) is 9.77. The van der Waals surface area contributed by atoms with E-state index in [1.807, 2.05) is 6.07 Å². The van der Waals surface area contributed by atoms with Gasteiger partial charge >= 0.3 is 0 Å². The summed E-state index contributed by atoms with van der Waals surface area (Å²) in [4.78, 5) is 0.160. The van der Waals surface area contributed by atoms with Gasteiger partial charge in [-0.3, -0.25) is 0 Å². The number of aryl methyl sites for hydroxylation is 3. The molecule has 0 aromatic heterocycles. The second-order valence-electron chi connectivity index (χ2n) is 5.30. The zero-order valence-corrected chi connectivity index (χ0v) is 13.3. The fraction of sp³-hybridized carbons (Fsp3) is 0.250. The molecule has 2 aromatic rings. The standard InChI is InChI=1S/C16H20N2O2S/c1-11-4-6-14(8-13(11)3)10-18-15-7-5-12(2)16(9-15)21(17,19)20/h4-9,18H,10H2,1-3H3,(H2,17,19,20). The minimum atomic E-state index is -3.69. The van der Waals surface area contributed by atoms with Gasteiger partial charge in [0.2, 0.25) is 10.0 Å². The molecule has 0 unspecified atom stereocenters. The van der Waals surface area contributed by atoms with Gasteiger partial charge in [0.25, 0.3) is 0 Å². The third-order valence-corrected chi connectivity index (χ3v) is 4.62. The van der Waals surface area contributed by atoms with Crippen LogP contribution in [-0.2, 0) is 16.6 Å². The molecule has 5 heteroatoms. The number of nitrogens with two attached hydrogens (primary N) is 1. The van der Waals surface area contributed by atoms with Crippen molar-refractivity contribution < 1.29 is 8.42 Å². The maximum atomic E-state index is 11.5. The Hall–Kier alpha value is -1.85. The van der Waals surface area contributed by atoms with E-state index in [0.717, 1.165) is 11.3 Å². The smallest absolute Gasteiger partial charge is 0.238 e. The molecule has 0 radical (unpaired) electrons. The molecule has 0 spiro atoms. The summed E-state index contributed by atoms with van der Waals surface area (Å²) < 4.78 is 23.0. The van der Waals surface area contributed by atoms with Gasteiger partial charge in [-0.25, -0.2) is 13.6 Å². The predicted molar refractivity (Wildman–Crippen MR) is 85.8 cm³/mol. The van der Waals surface area contributed by atoms with Crippen molar-refractivity contribution in [2.24, 2.45) is 5.14 Å². The molecule has 112 valence electrons. The Balaban J connectivity index is 2.19. The lowest BCUT2D eigenvalue weighted by Gasteiger charge is -2.11. The topological polar surface area (TPSA) is 72.2 Å². The summed E-state index contributed by atoms with van der Waals surface area (Å²) >= 11 is 0. The summed E-state index contributed by atoms with van der Waals surface area (Å²) in [5.41, 5.74) is 5.03. The van der Waals surface area contributed by atoms with Crippen molar-refractivity contribution in [1.82, 2.24) is 0 Å². The molecule has 4 nitrogen and oxygen atoms in total. The van der Waals surface area contributed by atoms with Crippen LogP contribution in [0.3, 0.4) is 0 Å². The highest BCUT2D eigenvalue weighted by Gasteiger charge is 2.11. The fourth-order valence-electron chi connectivity index (χ4n) is 2.13. The third-order valence-electron chi connectivity index (χ3n) is 3.56. The molecule has 0 saturated heterocycles. The van der Waals surface area contributed by atoms with Crippen LogP contribution in [0.5, 0.6) is 0 Å². The van der Waals surface area contributed by atoms with E-state index in [1.165, 1.54) is 11.1 Å². The Morgan fingerprint density at radius 2 is 1.62 bits per heavy atom. The molecule has 0 aliphatic rings. The van der Waals surface area contributed by atoms with Crippen molar-refractivity contribution in [1.29, 1.82) is 0 Å². The second kappa shape index (κ2) is 5.87. The summed E-state index contributed by atoms with van der Waals surface area (Å²) in [6.07, 6.45) is 0. The van der Waals surface area contributed by atoms with Crippen LogP contribution in [0.2, 0.25) is 0 Å². The first kappa shape index (κ1) is 15.5. The lowest BCUT2D eigenvalue weighted by atomic mass is 10.1. The van der Waals surface area contributed by atoms with Crippen LogP contribution in [0.4, 0.5) is 5.69 Å². The summed E-state index contributed by atoms with van der Waals surface area (Å²) in [7, 11) is -3.69. The van der Waals surface area contributed by atoms with Crippen LogP contribution >= 0.6 is 0 Å². The van der Waals surface area contributed by atoms with Gasteiger partial charge in [0.15, 0.2) is 0 Å². The number of sulfonamides is 1. The zero-order chi connectivity index (χ0) is 15.6. The molecule has 0 atom stereocenters. The van der Waals surface area contributed by atoms with E-state index in [2.05, 4.69) is 37.4 Å². The predicted octanol–water partition coefficient (Wildman–Crippen LogP) is 2.87. The van der Waals surface area contributed by atoms with Gasteiger partial charge in [0.05, 0.1) is 4.90 Å². The van der Waals surface area contributed by atoms with Gasteiger partial charge in [-0.1, -0.05) is 24.3 Å². The number of benzene rings is 2. The molecule has 0 aliphatic heterocycles. The number of rotatable bonds is 4. The van der Waals surface area contributed by atoms with Crippen molar-refractivity contribution in [3.63, 3.8) is 0 Å². The molecule has 0 aliphatic carbocycles. The van der Waals surface area contributed by atoms with E-state index < -0.39 is 10.0 Å². The summed E-state index contributed by atoms with van der Waals surface area (Å²) in [5, 5.41) is 8.44. The third kappa shape index (κ3) is 3.83. The molecular formula is C16H20N2O2S. The van der Waals surface area contributed by atoms with Crippen LogP contribution < -0.4 is 10.5 Å². The van der Waals surface area contributed by atoms with Crippen molar-refractivity contribution >= 4 is 15.7 Å². The molecule has 0 heterocycles.